The third-order valence-corrected chi connectivity index (χ3v) is 5.70. The predicted octanol–water partition coefficient (Wildman–Crippen LogP) is 1.31. The number of ether oxygens (including phenoxy) is 1. The summed E-state index contributed by atoms with van der Waals surface area (Å²) in [7, 11) is 1.90. The molecule has 2 unspecified atom stereocenters. The van der Waals surface area contributed by atoms with E-state index < -0.39 is 0 Å². The summed E-state index contributed by atoms with van der Waals surface area (Å²) in [5.41, 5.74) is 3.01. The van der Waals surface area contributed by atoms with E-state index in [-0.39, 0.29) is 0 Å². The molecule has 2 heterocycles. The minimum absolute atomic E-state index is 0.635. The Morgan fingerprint density at radius 1 is 1.25 bits per heavy atom. The molecule has 1 aromatic carbocycles. The Kier molecular flexibility index (Phi) is 4.72. The van der Waals surface area contributed by atoms with Crippen LogP contribution in [0.4, 0.5) is 0 Å². The van der Waals surface area contributed by atoms with Gasteiger partial charge >= 0.3 is 0 Å². The highest BCUT2D eigenvalue weighted by Crippen LogP contribution is 2.34. The second-order valence-electron chi connectivity index (χ2n) is 7.06. The smallest absolute Gasteiger partial charge is 0.193 e. The fourth-order valence-electron chi connectivity index (χ4n) is 4.27. The van der Waals surface area contributed by atoms with Crippen molar-refractivity contribution in [3.8, 4) is 0 Å². The lowest BCUT2D eigenvalue weighted by Gasteiger charge is -2.33. The molecule has 2 saturated heterocycles. The maximum atomic E-state index is 5.48. The number of benzene rings is 1. The number of nitrogens with one attached hydrogen (secondary N) is 1. The molecule has 1 aromatic rings. The monoisotopic (exact) mass is 328 g/mol. The molecular weight excluding hydrogens is 300 g/mol. The molecule has 2 aliphatic heterocycles. The van der Waals surface area contributed by atoms with Crippen LogP contribution in [-0.2, 0) is 11.2 Å². The van der Waals surface area contributed by atoms with Crippen molar-refractivity contribution < 1.29 is 4.74 Å². The summed E-state index contributed by atoms with van der Waals surface area (Å²) in [5.74, 6) is 1.70. The number of morpholine rings is 1. The summed E-state index contributed by atoms with van der Waals surface area (Å²) in [6.45, 7) is 7.08. The molecule has 2 atom stereocenters. The zero-order valence-electron chi connectivity index (χ0n) is 14.6. The molecule has 3 aliphatic rings. The minimum atomic E-state index is 0.635. The Balaban J connectivity index is 1.29. The molecule has 24 heavy (non-hydrogen) atoms. The standard InChI is InChI=1S/C19H28N4O/c1-20-19(21-13-16-12-15-4-2-3-5-18(15)16)23-7-6-17(14-23)22-8-10-24-11-9-22/h2-5,16-17H,6-14H2,1H3,(H,20,21). The van der Waals surface area contributed by atoms with Crippen molar-refractivity contribution in [3.63, 3.8) is 0 Å². The lowest BCUT2D eigenvalue weighted by atomic mass is 9.78. The highest BCUT2D eigenvalue weighted by Gasteiger charge is 2.31. The molecule has 0 spiro atoms. The number of nitrogens with zero attached hydrogens (tertiary/aromatic N) is 3. The summed E-state index contributed by atoms with van der Waals surface area (Å²) in [5, 5.41) is 3.61. The van der Waals surface area contributed by atoms with Crippen LogP contribution in [0.1, 0.15) is 23.5 Å². The number of hydrogen-bond acceptors (Lipinski definition) is 3. The zero-order chi connectivity index (χ0) is 16.4. The third kappa shape index (κ3) is 3.15. The molecule has 0 saturated carbocycles. The second kappa shape index (κ2) is 7.11. The third-order valence-electron chi connectivity index (χ3n) is 5.70. The first-order valence-corrected chi connectivity index (χ1v) is 9.20. The number of guanidine groups is 1. The number of rotatable bonds is 3. The Morgan fingerprint density at radius 3 is 2.88 bits per heavy atom. The Morgan fingerprint density at radius 2 is 2.08 bits per heavy atom. The summed E-state index contributed by atoms with van der Waals surface area (Å²) in [4.78, 5) is 9.53. The van der Waals surface area contributed by atoms with Crippen LogP contribution in [0, 0.1) is 0 Å². The number of likely N-dealkylation sites (tertiary alicyclic amines) is 1. The van der Waals surface area contributed by atoms with Gasteiger partial charge in [-0.3, -0.25) is 9.89 Å². The molecule has 1 aliphatic carbocycles. The largest absolute Gasteiger partial charge is 0.379 e. The summed E-state index contributed by atoms with van der Waals surface area (Å²) in [6, 6.07) is 9.44. The molecule has 0 aromatic heterocycles. The van der Waals surface area contributed by atoms with Crippen molar-refractivity contribution in [2.45, 2.75) is 24.8 Å². The van der Waals surface area contributed by atoms with E-state index in [0.29, 0.717) is 12.0 Å². The Hall–Kier alpha value is -1.59. The van der Waals surface area contributed by atoms with Crippen molar-refractivity contribution in [2.75, 3.05) is 53.0 Å². The van der Waals surface area contributed by atoms with Gasteiger partial charge in [0.15, 0.2) is 5.96 Å². The van der Waals surface area contributed by atoms with Crippen LogP contribution in [0.5, 0.6) is 0 Å². The van der Waals surface area contributed by atoms with Crippen molar-refractivity contribution in [3.05, 3.63) is 35.4 Å². The summed E-state index contributed by atoms with van der Waals surface area (Å²) in [6.07, 6.45) is 2.42. The molecule has 0 amide bonds. The van der Waals surface area contributed by atoms with Crippen molar-refractivity contribution in [1.29, 1.82) is 0 Å². The molecule has 2 fully saturated rings. The summed E-state index contributed by atoms with van der Waals surface area (Å²) < 4.78 is 5.48. The molecule has 0 bridgehead atoms. The normalized spacial score (nSPS) is 27.7. The number of aliphatic imine (C=N–C) groups is 1. The lowest BCUT2D eigenvalue weighted by Crippen LogP contribution is -2.47. The van der Waals surface area contributed by atoms with Gasteiger partial charge in [-0.15, -0.1) is 0 Å². The van der Waals surface area contributed by atoms with E-state index in [9.17, 15) is 0 Å². The second-order valence-corrected chi connectivity index (χ2v) is 7.06. The van der Waals surface area contributed by atoms with Gasteiger partial charge in [-0.25, -0.2) is 0 Å². The quantitative estimate of drug-likeness (QED) is 0.671. The highest BCUT2D eigenvalue weighted by atomic mass is 16.5. The maximum Gasteiger partial charge on any atom is 0.193 e. The molecule has 0 radical (unpaired) electrons. The van der Waals surface area contributed by atoms with Gasteiger partial charge in [0.05, 0.1) is 13.2 Å². The van der Waals surface area contributed by atoms with E-state index in [2.05, 4.69) is 44.4 Å². The number of hydrogen-bond donors (Lipinski definition) is 1. The first kappa shape index (κ1) is 15.9. The van der Waals surface area contributed by atoms with Gasteiger partial charge in [-0.1, -0.05) is 24.3 Å². The van der Waals surface area contributed by atoms with Gasteiger partial charge in [-0.05, 0) is 24.0 Å². The Bertz CT molecular complexity index is 597. The topological polar surface area (TPSA) is 40.1 Å². The van der Waals surface area contributed by atoms with Crippen LogP contribution in [-0.4, -0.2) is 74.8 Å². The Labute approximate surface area is 144 Å². The minimum Gasteiger partial charge on any atom is -0.379 e. The molecule has 5 nitrogen and oxygen atoms in total. The van der Waals surface area contributed by atoms with E-state index in [4.69, 9.17) is 4.74 Å². The van der Waals surface area contributed by atoms with E-state index in [1.54, 1.807) is 0 Å². The van der Waals surface area contributed by atoms with Gasteiger partial charge < -0.3 is 15.0 Å². The van der Waals surface area contributed by atoms with E-state index in [1.807, 2.05) is 7.05 Å². The lowest BCUT2D eigenvalue weighted by molar-refractivity contribution is 0.0195. The summed E-state index contributed by atoms with van der Waals surface area (Å²) >= 11 is 0. The van der Waals surface area contributed by atoms with E-state index in [0.717, 1.165) is 51.9 Å². The van der Waals surface area contributed by atoms with Gasteiger partial charge in [-0.2, -0.15) is 0 Å². The van der Waals surface area contributed by atoms with Crippen LogP contribution < -0.4 is 5.32 Å². The first-order chi connectivity index (χ1) is 11.8. The van der Waals surface area contributed by atoms with Crippen LogP contribution in [0.15, 0.2) is 29.3 Å². The molecule has 1 N–H and O–H groups in total. The maximum absolute atomic E-state index is 5.48. The fraction of sp³-hybridized carbons (Fsp3) is 0.632. The van der Waals surface area contributed by atoms with Gasteiger partial charge in [0, 0.05) is 51.7 Å². The molecule has 5 heteroatoms. The van der Waals surface area contributed by atoms with Crippen LogP contribution in [0.2, 0.25) is 0 Å². The van der Waals surface area contributed by atoms with Gasteiger partial charge in [0.1, 0.15) is 0 Å². The van der Waals surface area contributed by atoms with E-state index in [1.165, 1.54) is 24.0 Å². The molecule has 130 valence electrons. The van der Waals surface area contributed by atoms with Crippen molar-refractivity contribution >= 4 is 5.96 Å². The van der Waals surface area contributed by atoms with Gasteiger partial charge in [0.2, 0.25) is 0 Å². The first-order valence-electron chi connectivity index (χ1n) is 9.20. The number of fused-ring (bicyclic) bond motifs is 1. The highest BCUT2D eigenvalue weighted by molar-refractivity contribution is 5.80. The average molecular weight is 328 g/mol. The molecular formula is C19H28N4O. The fourth-order valence-corrected chi connectivity index (χ4v) is 4.27. The predicted molar refractivity (Wildman–Crippen MR) is 96.6 cm³/mol. The van der Waals surface area contributed by atoms with Crippen molar-refractivity contribution in [1.82, 2.24) is 15.1 Å². The SMILES string of the molecule is CN=C(NCC1Cc2ccccc21)N1CCC(N2CCOCC2)C1. The molecule has 4 rings (SSSR count). The van der Waals surface area contributed by atoms with Crippen LogP contribution in [0.3, 0.4) is 0 Å². The average Bonchev–Trinajstić information content (AvgIpc) is 3.10. The zero-order valence-corrected chi connectivity index (χ0v) is 14.6. The van der Waals surface area contributed by atoms with E-state index >= 15 is 0 Å². The van der Waals surface area contributed by atoms with Crippen LogP contribution in [0.25, 0.3) is 0 Å². The van der Waals surface area contributed by atoms with Gasteiger partial charge in [0.25, 0.3) is 0 Å². The van der Waals surface area contributed by atoms with Crippen molar-refractivity contribution in [2.24, 2.45) is 4.99 Å². The van der Waals surface area contributed by atoms with Crippen LogP contribution >= 0.6 is 0 Å².